The number of rotatable bonds is 8. The van der Waals surface area contributed by atoms with Gasteiger partial charge >= 0.3 is 0 Å². The largest absolute Gasteiger partial charge is 0.310 e. The van der Waals surface area contributed by atoms with Crippen molar-refractivity contribution in [2.24, 2.45) is 0 Å². The van der Waals surface area contributed by atoms with Gasteiger partial charge in [-0.05, 0) is 36.4 Å². The van der Waals surface area contributed by atoms with Crippen LogP contribution in [0.4, 0.5) is 0 Å². The molecular formula is C19H33N. The molecule has 1 heteroatoms. The van der Waals surface area contributed by atoms with E-state index >= 15 is 0 Å². The molecule has 0 saturated carbocycles. The molecule has 1 aromatic carbocycles. The summed E-state index contributed by atoms with van der Waals surface area (Å²) in [5, 5.41) is 3.63. The number of benzene rings is 1. The molecule has 1 nitrogen and oxygen atoms in total. The molecular weight excluding hydrogens is 242 g/mol. The molecule has 114 valence electrons. The van der Waals surface area contributed by atoms with E-state index in [0.717, 1.165) is 6.54 Å². The van der Waals surface area contributed by atoms with Gasteiger partial charge in [-0.1, -0.05) is 77.6 Å². The van der Waals surface area contributed by atoms with E-state index in [2.05, 4.69) is 64.2 Å². The van der Waals surface area contributed by atoms with Crippen LogP contribution in [0, 0.1) is 0 Å². The highest BCUT2D eigenvalue weighted by atomic mass is 14.9. The van der Waals surface area contributed by atoms with Crippen LogP contribution in [0.2, 0.25) is 0 Å². The standard InChI is InChI=1S/C19H33N/c1-6-7-8-9-10-15-20-16(2)17-11-13-18(14-12-17)19(3,4)5/h11-14,16,20H,6-10,15H2,1-5H3. The van der Waals surface area contributed by atoms with Gasteiger partial charge in [0.05, 0.1) is 0 Å². The molecule has 0 saturated heterocycles. The fourth-order valence-electron chi connectivity index (χ4n) is 2.44. The highest BCUT2D eigenvalue weighted by molar-refractivity contribution is 5.28. The molecule has 0 aliphatic rings. The van der Waals surface area contributed by atoms with Crippen molar-refractivity contribution in [1.29, 1.82) is 0 Å². The van der Waals surface area contributed by atoms with E-state index < -0.39 is 0 Å². The lowest BCUT2D eigenvalue weighted by atomic mass is 9.86. The minimum Gasteiger partial charge on any atom is -0.310 e. The third-order valence-corrected chi connectivity index (χ3v) is 4.01. The van der Waals surface area contributed by atoms with Crippen molar-refractivity contribution in [3.8, 4) is 0 Å². The summed E-state index contributed by atoms with van der Waals surface area (Å²) in [6.07, 6.45) is 6.74. The average molecular weight is 275 g/mol. The predicted molar refractivity (Wildman–Crippen MR) is 90.3 cm³/mol. The Morgan fingerprint density at radius 1 is 0.950 bits per heavy atom. The minimum atomic E-state index is 0.245. The third kappa shape index (κ3) is 6.09. The van der Waals surface area contributed by atoms with Gasteiger partial charge in [0.1, 0.15) is 0 Å². The Morgan fingerprint density at radius 3 is 2.10 bits per heavy atom. The second-order valence-corrected chi connectivity index (χ2v) is 6.96. The summed E-state index contributed by atoms with van der Waals surface area (Å²) in [7, 11) is 0. The van der Waals surface area contributed by atoms with Crippen LogP contribution in [-0.4, -0.2) is 6.54 Å². The lowest BCUT2D eigenvalue weighted by Crippen LogP contribution is -2.20. The first kappa shape index (κ1) is 17.2. The number of unbranched alkanes of at least 4 members (excludes halogenated alkanes) is 4. The zero-order valence-electron chi connectivity index (χ0n) is 14.1. The molecule has 0 spiro atoms. The first-order valence-corrected chi connectivity index (χ1v) is 8.29. The fraction of sp³-hybridized carbons (Fsp3) is 0.684. The van der Waals surface area contributed by atoms with Gasteiger partial charge in [0.25, 0.3) is 0 Å². The smallest absolute Gasteiger partial charge is 0.0291 e. The lowest BCUT2D eigenvalue weighted by Gasteiger charge is -2.20. The SMILES string of the molecule is CCCCCCCNC(C)c1ccc(C(C)(C)C)cc1. The molecule has 0 amide bonds. The molecule has 0 aliphatic heterocycles. The molecule has 1 atom stereocenters. The molecule has 0 fully saturated rings. The molecule has 1 aromatic rings. The number of hydrogen-bond donors (Lipinski definition) is 1. The van der Waals surface area contributed by atoms with Gasteiger partial charge < -0.3 is 5.32 Å². The van der Waals surface area contributed by atoms with Gasteiger partial charge in [-0.2, -0.15) is 0 Å². The van der Waals surface area contributed by atoms with E-state index in [1.807, 2.05) is 0 Å². The van der Waals surface area contributed by atoms with Crippen LogP contribution in [0.25, 0.3) is 0 Å². The van der Waals surface area contributed by atoms with Crippen LogP contribution in [0.1, 0.15) is 83.9 Å². The summed E-state index contributed by atoms with van der Waals surface area (Å²) in [6, 6.07) is 9.55. The number of nitrogens with one attached hydrogen (secondary N) is 1. The van der Waals surface area contributed by atoms with Crippen molar-refractivity contribution in [2.45, 2.75) is 78.2 Å². The van der Waals surface area contributed by atoms with Crippen LogP contribution in [0.15, 0.2) is 24.3 Å². The van der Waals surface area contributed by atoms with Crippen molar-refractivity contribution in [3.05, 3.63) is 35.4 Å². The maximum absolute atomic E-state index is 3.63. The summed E-state index contributed by atoms with van der Waals surface area (Å²) in [5.74, 6) is 0. The quantitative estimate of drug-likeness (QED) is 0.608. The summed E-state index contributed by atoms with van der Waals surface area (Å²) < 4.78 is 0. The zero-order chi connectivity index (χ0) is 15.0. The van der Waals surface area contributed by atoms with Crippen molar-refractivity contribution >= 4 is 0 Å². The van der Waals surface area contributed by atoms with Gasteiger partial charge in [0, 0.05) is 6.04 Å². The van der Waals surface area contributed by atoms with E-state index in [-0.39, 0.29) is 5.41 Å². The van der Waals surface area contributed by atoms with E-state index in [4.69, 9.17) is 0 Å². The Morgan fingerprint density at radius 2 is 1.55 bits per heavy atom. The Balaban J connectivity index is 2.34. The molecule has 0 aliphatic carbocycles. The van der Waals surface area contributed by atoms with Gasteiger partial charge in [-0.25, -0.2) is 0 Å². The van der Waals surface area contributed by atoms with E-state index in [1.54, 1.807) is 0 Å². The van der Waals surface area contributed by atoms with E-state index in [1.165, 1.54) is 43.2 Å². The van der Waals surface area contributed by atoms with Crippen LogP contribution in [0.3, 0.4) is 0 Å². The van der Waals surface area contributed by atoms with Crippen LogP contribution in [-0.2, 0) is 5.41 Å². The second kappa shape index (κ2) is 8.46. The normalized spacial score (nSPS) is 13.4. The zero-order valence-corrected chi connectivity index (χ0v) is 14.1. The molecule has 1 unspecified atom stereocenters. The summed E-state index contributed by atoms with van der Waals surface area (Å²) in [4.78, 5) is 0. The van der Waals surface area contributed by atoms with Crippen molar-refractivity contribution in [2.75, 3.05) is 6.54 Å². The fourth-order valence-corrected chi connectivity index (χ4v) is 2.44. The van der Waals surface area contributed by atoms with Crippen LogP contribution < -0.4 is 5.32 Å². The second-order valence-electron chi connectivity index (χ2n) is 6.96. The van der Waals surface area contributed by atoms with Gasteiger partial charge in [0.15, 0.2) is 0 Å². The maximum Gasteiger partial charge on any atom is 0.0291 e. The first-order chi connectivity index (χ1) is 9.45. The van der Waals surface area contributed by atoms with Crippen molar-refractivity contribution in [3.63, 3.8) is 0 Å². The molecule has 1 N–H and O–H groups in total. The Bertz CT molecular complexity index is 358. The monoisotopic (exact) mass is 275 g/mol. The predicted octanol–water partition coefficient (Wildman–Crippen LogP) is 5.61. The Kier molecular flexibility index (Phi) is 7.29. The summed E-state index contributed by atoms with van der Waals surface area (Å²) in [5.41, 5.74) is 3.05. The van der Waals surface area contributed by atoms with Crippen molar-refractivity contribution in [1.82, 2.24) is 5.32 Å². The maximum atomic E-state index is 3.63. The van der Waals surface area contributed by atoms with E-state index in [0.29, 0.717) is 6.04 Å². The molecule has 0 radical (unpaired) electrons. The molecule has 1 rings (SSSR count). The third-order valence-electron chi connectivity index (χ3n) is 4.01. The van der Waals surface area contributed by atoms with Gasteiger partial charge in [0.2, 0.25) is 0 Å². The molecule has 0 aromatic heterocycles. The molecule has 0 heterocycles. The number of hydrogen-bond acceptors (Lipinski definition) is 1. The lowest BCUT2D eigenvalue weighted by molar-refractivity contribution is 0.530. The minimum absolute atomic E-state index is 0.245. The summed E-state index contributed by atoms with van der Waals surface area (Å²) >= 11 is 0. The average Bonchev–Trinajstić information content (AvgIpc) is 2.41. The van der Waals surface area contributed by atoms with E-state index in [9.17, 15) is 0 Å². The Hall–Kier alpha value is -0.820. The van der Waals surface area contributed by atoms with Crippen LogP contribution >= 0.6 is 0 Å². The molecule has 20 heavy (non-hydrogen) atoms. The Labute approximate surface area is 126 Å². The van der Waals surface area contributed by atoms with Crippen molar-refractivity contribution < 1.29 is 0 Å². The molecule has 0 bridgehead atoms. The highest BCUT2D eigenvalue weighted by Crippen LogP contribution is 2.23. The van der Waals surface area contributed by atoms with Crippen LogP contribution in [0.5, 0.6) is 0 Å². The highest BCUT2D eigenvalue weighted by Gasteiger charge is 2.13. The topological polar surface area (TPSA) is 12.0 Å². The summed E-state index contributed by atoms with van der Waals surface area (Å²) in [6.45, 7) is 12.4. The van der Waals surface area contributed by atoms with Gasteiger partial charge in [-0.3, -0.25) is 0 Å². The first-order valence-electron chi connectivity index (χ1n) is 8.29. The van der Waals surface area contributed by atoms with Gasteiger partial charge in [-0.15, -0.1) is 0 Å².